The van der Waals surface area contributed by atoms with Crippen LogP contribution < -0.4 is 11.1 Å². The first-order valence-electron chi connectivity index (χ1n) is 6.47. The predicted octanol–water partition coefficient (Wildman–Crippen LogP) is 2.82. The van der Waals surface area contributed by atoms with Gasteiger partial charge in [0.05, 0.1) is 6.26 Å². The van der Waals surface area contributed by atoms with E-state index in [0.717, 1.165) is 23.6 Å². The van der Waals surface area contributed by atoms with E-state index in [-0.39, 0.29) is 12.0 Å². The molecule has 2 aromatic rings. The van der Waals surface area contributed by atoms with Crippen molar-refractivity contribution in [3.8, 4) is 0 Å². The number of nitrogens with one attached hydrogen (secondary N) is 1. The minimum Gasteiger partial charge on any atom is -0.469 e. The van der Waals surface area contributed by atoms with Gasteiger partial charge in [-0.2, -0.15) is 0 Å². The van der Waals surface area contributed by atoms with Crippen LogP contribution in [-0.4, -0.2) is 16.0 Å². The molecule has 2 rings (SSSR count). The average Bonchev–Trinajstić information content (AvgIpc) is 2.81. The molecule has 0 amide bonds. The van der Waals surface area contributed by atoms with E-state index in [4.69, 9.17) is 10.2 Å². The number of nitrogen functional groups attached to an aromatic ring is 1. The van der Waals surface area contributed by atoms with Gasteiger partial charge in [-0.25, -0.2) is 9.97 Å². The van der Waals surface area contributed by atoms with Gasteiger partial charge in [0.25, 0.3) is 0 Å². The number of hydrogen-bond donors (Lipinski definition) is 2. The highest BCUT2D eigenvalue weighted by atomic mass is 16.3. The Morgan fingerprint density at radius 3 is 2.74 bits per heavy atom. The Hall–Kier alpha value is -2.04. The van der Waals surface area contributed by atoms with Crippen LogP contribution in [0.5, 0.6) is 0 Å². The van der Waals surface area contributed by atoms with Crippen molar-refractivity contribution in [1.82, 2.24) is 9.97 Å². The lowest BCUT2D eigenvalue weighted by atomic mass is 10.0. The van der Waals surface area contributed by atoms with Gasteiger partial charge in [-0.3, -0.25) is 0 Å². The maximum Gasteiger partial charge on any atom is 0.135 e. The van der Waals surface area contributed by atoms with E-state index >= 15 is 0 Å². The third-order valence-corrected chi connectivity index (χ3v) is 2.96. The Morgan fingerprint density at radius 1 is 1.32 bits per heavy atom. The summed E-state index contributed by atoms with van der Waals surface area (Å²) in [6.07, 6.45) is 3.97. The molecule has 0 fully saturated rings. The third kappa shape index (κ3) is 3.24. The summed E-state index contributed by atoms with van der Waals surface area (Å²) in [4.78, 5) is 8.35. The molecule has 1 unspecified atom stereocenters. The zero-order chi connectivity index (χ0) is 13.8. The molecule has 3 N–H and O–H groups in total. The van der Waals surface area contributed by atoms with Crippen LogP contribution in [0.4, 0.5) is 11.6 Å². The van der Waals surface area contributed by atoms with Crippen molar-refractivity contribution in [2.75, 3.05) is 11.1 Å². The minimum absolute atomic E-state index is 0.206. The van der Waals surface area contributed by atoms with Gasteiger partial charge in [-0.1, -0.05) is 13.8 Å². The molecule has 0 bridgehead atoms. The normalized spacial score (nSPS) is 12.6. The van der Waals surface area contributed by atoms with Crippen LogP contribution in [0.2, 0.25) is 0 Å². The lowest BCUT2D eigenvalue weighted by Gasteiger charge is -2.18. The van der Waals surface area contributed by atoms with Gasteiger partial charge in [-0.15, -0.1) is 0 Å². The van der Waals surface area contributed by atoms with Gasteiger partial charge in [-0.05, 0) is 25.0 Å². The van der Waals surface area contributed by atoms with Crippen molar-refractivity contribution in [1.29, 1.82) is 0 Å². The summed E-state index contributed by atoms with van der Waals surface area (Å²) in [5.74, 6) is 2.58. The van der Waals surface area contributed by atoms with Gasteiger partial charge < -0.3 is 15.5 Å². The first kappa shape index (κ1) is 13.4. The van der Waals surface area contributed by atoms with Crippen molar-refractivity contribution in [3.63, 3.8) is 0 Å². The molecule has 0 saturated heterocycles. The minimum atomic E-state index is 0.206. The molecule has 0 aromatic carbocycles. The summed E-state index contributed by atoms with van der Waals surface area (Å²) in [6.45, 7) is 6.25. The topological polar surface area (TPSA) is 77.0 Å². The average molecular weight is 260 g/mol. The van der Waals surface area contributed by atoms with Crippen molar-refractivity contribution in [3.05, 3.63) is 36.0 Å². The van der Waals surface area contributed by atoms with Gasteiger partial charge in [0, 0.05) is 18.0 Å². The maximum absolute atomic E-state index is 5.92. The number of aromatic nitrogens is 2. The number of nitrogens with zero attached hydrogens (tertiary/aromatic N) is 2. The van der Waals surface area contributed by atoms with Crippen molar-refractivity contribution in [2.24, 2.45) is 0 Å². The quantitative estimate of drug-likeness (QED) is 0.864. The largest absolute Gasteiger partial charge is 0.469 e. The molecule has 1 atom stereocenters. The second kappa shape index (κ2) is 5.73. The second-order valence-electron chi connectivity index (χ2n) is 5.00. The summed E-state index contributed by atoms with van der Waals surface area (Å²) in [6, 6.07) is 4.07. The SMILES string of the molecule is CC(Cc1ccco1)Nc1ncnc(N)c1C(C)C. The standard InChI is InChI=1S/C14H20N4O/c1-9(2)12-13(15)16-8-17-14(12)18-10(3)7-11-5-4-6-19-11/h4-6,8-10H,7H2,1-3H3,(H3,15,16,17,18). The molecule has 0 radical (unpaired) electrons. The van der Waals surface area contributed by atoms with Crippen molar-refractivity contribution in [2.45, 2.75) is 39.2 Å². The number of anilines is 2. The summed E-state index contributed by atoms with van der Waals surface area (Å²) in [7, 11) is 0. The monoisotopic (exact) mass is 260 g/mol. The van der Waals surface area contributed by atoms with Crippen LogP contribution in [0.3, 0.4) is 0 Å². The van der Waals surface area contributed by atoms with Crippen LogP contribution >= 0.6 is 0 Å². The van der Waals surface area contributed by atoms with Gasteiger partial charge >= 0.3 is 0 Å². The molecule has 0 saturated carbocycles. The zero-order valence-electron chi connectivity index (χ0n) is 11.6. The number of nitrogens with two attached hydrogens (primary N) is 1. The van der Waals surface area contributed by atoms with Crippen LogP contribution in [0.1, 0.15) is 38.0 Å². The molecule has 0 aliphatic rings. The molecule has 0 aliphatic carbocycles. The first-order valence-corrected chi connectivity index (χ1v) is 6.47. The van der Waals surface area contributed by atoms with Gasteiger partial charge in [0.15, 0.2) is 0 Å². The molecule has 19 heavy (non-hydrogen) atoms. The maximum atomic E-state index is 5.92. The number of rotatable bonds is 5. The molecule has 5 nitrogen and oxygen atoms in total. The summed E-state index contributed by atoms with van der Waals surface area (Å²) in [5.41, 5.74) is 6.89. The fourth-order valence-corrected chi connectivity index (χ4v) is 2.11. The van der Waals surface area contributed by atoms with E-state index < -0.39 is 0 Å². The van der Waals surface area contributed by atoms with E-state index in [1.54, 1.807) is 6.26 Å². The fraction of sp³-hybridized carbons (Fsp3) is 0.429. The van der Waals surface area contributed by atoms with Gasteiger partial charge in [0.1, 0.15) is 23.7 Å². The summed E-state index contributed by atoms with van der Waals surface area (Å²) in [5, 5.41) is 3.38. The predicted molar refractivity (Wildman–Crippen MR) is 76.0 cm³/mol. The van der Waals surface area contributed by atoms with E-state index in [1.165, 1.54) is 6.33 Å². The smallest absolute Gasteiger partial charge is 0.135 e. The summed E-state index contributed by atoms with van der Waals surface area (Å²) >= 11 is 0. The van der Waals surface area contributed by atoms with Crippen molar-refractivity contribution >= 4 is 11.6 Å². The van der Waals surface area contributed by atoms with Crippen LogP contribution in [0, 0.1) is 0 Å². The molecule has 2 heterocycles. The highest BCUT2D eigenvalue weighted by molar-refractivity contribution is 5.57. The molecule has 102 valence electrons. The number of hydrogen-bond acceptors (Lipinski definition) is 5. The molecule has 2 aromatic heterocycles. The zero-order valence-corrected chi connectivity index (χ0v) is 11.6. The molecular formula is C14H20N4O. The second-order valence-corrected chi connectivity index (χ2v) is 5.00. The molecule has 0 spiro atoms. The lowest BCUT2D eigenvalue weighted by Crippen LogP contribution is -2.20. The van der Waals surface area contributed by atoms with E-state index in [0.29, 0.717) is 5.82 Å². The van der Waals surface area contributed by atoms with Crippen LogP contribution in [0.25, 0.3) is 0 Å². The molecular weight excluding hydrogens is 240 g/mol. The van der Waals surface area contributed by atoms with Crippen LogP contribution in [-0.2, 0) is 6.42 Å². The van der Waals surface area contributed by atoms with Crippen molar-refractivity contribution < 1.29 is 4.42 Å². The molecule has 5 heteroatoms. The lowest BCUT2D eigenvalue weighted by molar-refractivity contribution is 0.497. The highest BCUT2D eigenvalue weighted by Crippen LogP contribution is 2.26. The van der Waals surface area contributed by atoms with E-state index in [9.17, 15) is 0 Å². The highest BCUT2D eigenvalue weighted by Gasteiger charge is 2.15. The van der Waals surface area contributed by atoms with E-state index in [1.807, 2.05) is 12.1 Å². The Labute approximate surface area is 113 Å². The van der Waals surface area contributed by atoms with Crippen LogP contribution in [0.15, 0.2) is 29.1 Å². The molecule has 0 aliphatic heterocycles. The Bertz CT molecular complexity index is 522. The third-order valence-electron chi connectivity index (χ3n) is 2.96. The van der Waals surface area contributed by atoms with E-state index in [2.05, 4.69) is 36.1 Å². The fourth-order valence-electron chi connectivity index (χ4n) is 2.11. The summed E-state index contributed by atoms with van der Waals surface area (Å²) < 4.78 is 5.35. The first-order chi connectivity index (χ1) is 9.08. The van der Waals surface area contributed by atoms with Gasteiger partial charge in [0.2, 0.25) is 0 Å². The Morgan fingerprint density at radius 2 is 2.11 bits per heavy atom. The Kier molecular flexibility index (Phi) is 4.04. The Balaban J connectivity index is 2.12. The number of furan rings is 1.